The summed E-state index contributed by atoms with van der Waals surface area (Å²) in [5, 5.41) is 8.70. The standard InChI is InChI=1S/C10H14Br4O2/c1-7(9(15)16)6-8(11)4-2-3-5-10(12,13)14/h6,8H,2-5H2,1H3,(H,15,16). The van der Waals surface area contributed by atoms with E-state index in [4.69, 9.17) is 5.11 Å². The number of alkyl halides is 4. The van der Waals surface area contributed by atoms with Crippen molar-refractivity contribution in [2.24, 2.45) is 0 Å². The van der Waals surface area contributed by atoms with Crippen molar-refractivity contribution in [2.75, 3.05) is 0 Å². The molecule has 0 aliphatic carbocycles. The van der Waals surface area contributed by atoms with Crippen molar-refractivity contribution in [3.8, 4) is 0 Å². The van der Waals surface area contributed by atoms with E-state index in [0.29, 0.717) is 5.57 Å². The van der Waals surface area contributed by atoms with E-state index in [0.717, 1.165) is 25.7 Å². The molecule has 0 spiro atoms. The van der Waals surface area contributed by atoms with Crippen LogP contribution < -0.4 is 0 Å². The van der Waals surface area contributed by atoms with Gasteiger partial charge >= 0.3 is 5.97 Å². The topological polar surface area (TPSA) is 37.3 Å². The van der Waals surface area contributed by atoms with Gasteiger partial charge in [0.15, 0.2) is 0 Å². The van der Waals surface area contributed by atoms with Crippen LogP contribution in [0.5, 0.6) is 0 Å². The first-order valence-corrected chi connectivity index (χ1v) is 8.14. The van der Waals surface area contributed by atoms with E-state index in [9.17, 15) is 4.79 Å². The third-order valence-corrected chi connectivity index (χ3v) is 3.87. The number of carboxylic acid groups (broad SMARTS) is 1. The van der Waals surface area contributed by atoms with Crippen molar-refractivity contribution in [3.05, 3.63) is 11.6 Å². The highest BCUT2D eigenvalue weighted by molar-refractivity contribution is 9.39. The summed E-state index contributed by atoms with van der Waals surface area (Å²) in [5.41, 5.74) is 0.387. The lowest BCUT2D eigenvalue weighted by Crippen LogP contribution is -2.03. The Bertz CT molecular complexity index is 258. The zero-order chi connectivity index (χ0) is 12.8. The molecule has 0 radical (unpaired) electrons. The van der Waals surface area contributed by atoms with Gasteiger partial charge in [-0.05, 0) is 19.8 Å². The molecule has 0 saturated heterocycles. The quantitative estimate of drug-likeness (QED) is 0.320. The van der Waals surface area contributed by atoms with Gasteiger partial charge in [-0.15, -0.1) is 0 Å². The van der Waals surface area contributed by atoms with E-state index in [1.807, 2.05) is 0 Å². The van der Waals surface area contributed by atoms with Crippen LogP contribution in [-0.4, -0.2) is 18.0 Å². The molecule has 16 heavy (non-hydrogen) atoms. The van der Waals surface area contributed by atoms with E-state index in [1.165, 1.54) is 0 Å². The van der Waals surface area contributed by atoms with E-state index < -0.39 is 5.97 Å². The number of allylic oxidation sites excluding steroid dienone is 1. The lowest BCUT2D eigenvalue weighted by Gasteiger charge is -2.11. The Morgan fingerprint density at radius 2 is 1.94 bits per heavy atom. The summed E-state index contributed by atoms with van der Waals surface area (Å²) in [7, 11) is 0. The molecule has 1 unspecified atom stereocenters. The molecule has 2 nitrogen and oxygen atoms in total. The number of hydrogen-bond acceptors (Lipinski definition) is 1. The number of unbranched alkanes of at least 4 members (excludes halogenated alkanes) is 1. The summed E-state index contributed by atoms with van der Waals surface area (Å²) in [6.07, 6.45) is 5.75. The fourth-order valence-corrected chi connectivity index (χ4v) is 2.65. The summed E-state index contributed by atoms with van der Waals surface area (Å²) < 4.78 is -0.165. The molecule has 0 saturated carbocycles. The minimum absolute atomic E-state index is 0.138. The molecule has 0 aliphatic rings. The molecule has 6 heteroatoms. The summed E-state index contributed by atoms with van der Waals surface area (Å²) in [6.45, 7) is 1.61. The van der Waals surface area contributed by atoms with E-state index >= 15 is 0 Å². The van der Waals surface area contributed by atoms with Crippen molar-refractivity contribution in [2.45, 2.75) is 39.6 Å². The fraction of sp³-hybridized carbons (Fsp3) is 0.700. The van der Waals surface area contributed by atoms with Crippen LogP contribution in [0.25, 0.3) is 0 Å². The van der Waals surface area contributed by atoms with Crippen LogP contribution in [0.4, 0.5) is 0 Å². The van der Waals surface area contributed by atoms with E-state index in [2.05, 4.69) is 63.7 Å². The molecule has 1 N–H and O–H groups in total. The third-order valence-electron chi connectivity index (χ3n) is 1.96. The van der Waals surface area contributed by atoms with Gasteiger partial charge in [0.25, 0.3) is 0 Å². The van der Waals surface area contributed by atoms with Gasteiger partial charge in [-0.3, -0.25) is 0 Å². The molecular formula is C10H14Br4O2. The number of aliphatic carboxylic acids is 1. The Morgan fingerprint density at radius 3 is 2.38 bits per heavy atom. The smallest absolute Gasteiger partial charge is 0.330 e. The molecule has 0 aromatic rings. The van der Waals surface area contributed by atoms with Crippen LogP contribution in [-0.2, 0) is 4.79 Å². The number of hydrogen-bond donors (Lipinski definition) is 1. The molecule has 0 heterocycles. The second kappa shape index (κ2) is 8.27. The maximum atomic E-state index is 10.6. The van der Waals surface area contributed by atoms with Crippen LogP contribution in [0, 0.1) is 0 Å². The highest BCUT2D eigenvalue weighted by atomic mass is 80.0. The molecule has 0 aromatic heterocycles. The van der Waals surface area contributed by atoms with Gasteiger partial charge in [-0.2, -0.15) is 0 Å². The lowest BCUT2D eigenvalue weighted by atomic mass is 10.1. The lowest BCUT2D eigenvalue weighted by molar-refractivity contribution is -0.132. The molecule has 94 valence electrons. The Balaban J connectivity index is 3.79. The molecule has 0 fully saturated rings. The van der Waals surface area contributed by atoms with Crippen molar-refractivity contribution < 1.29 is 9.90 Å². The van der Waals surface area contributed by atoms with E-state index in [-0.39, 0.29) is 6.97 Å². The van der Waals surface area contributed by atoms with Gasteiger partial charge in [-0.25, -0.2) is 4.79 Å². The molecule has 0 rings (SSSR count). The monoisotopic (exact) mass is 482 g/mol. The normalized spacial score (nSPS) is 14.9. The van der Waals surface area contributed by atoms with Crippen LogP contribution in [0.2, 0.25) is 0 Å². The largest absolute Gasteiger partial charge is 0.478 e. The fourth-order valence-electron chi connectivity index (χ4n) is 1.09. The number of carbonyl (C=O) groups is 1. The highest BCUT2D eigenvalue weighted by Gasteiger charge is 2.16. The van der Waals surface area contributed by atoms with Gasteiger partial charge in [0.2, 0.25) is 0 Å². The Hall–Kier alpha value is 1.13. The maximum Gasteiger partial charge on any atom is 0.330 e. The third kappa shape index (κ3) is 10.3. The number of halogens is 4. The average molecular weight is 486 g/mol. The van der Waals surface area contributed by atoms with Gasteiger partial charge in [0, 0.05) is 10.4 Å². The van der Waals surface area contributed by atoms with Gasteiger partial charge < -0.3 is 5.11 Å². The minimum Gasteiger partial charge on any atom is -0.478 e. The first kappa shape index (κ1) is 17.1. The Morgan fingerprint density at radius 1 is 1.38 bits per heavy atom. The maximum absolute atomic E-state index is 10.6. The first-order valence-electron chi connectivity index (χ1n) is 4.85. The number of rotatable bonds is 6. The van der Waals surface area contributed by atoms with Gasteiger partial charge in [0.1, 0.15) is 2.14 Å². The van der Waals surface area contributed by atoms with Crippen molar-refractivity contribution in [3.63, 3.8) is 0 Å². The molecule has 1 atom stereocenters. The summed E-state index contributed by atoms with van der Waals surface area (Å²) >= 11 is 13.8. The summed E-state index contributed by atoms with van der Waals surface area (Å²) in [4.78, 5) is 10.7. The van der Waals surface area contributed by atoms with Crippen LogP contribution in [0.1, 0.15) is 32.6 Å². The Labute approximate surface area is 130 Å². The molecule has 0 bridgehead atoms. The molecular weight excluding hydrogens is 472 g/mol. The van der Waals surface area contributed by atoms with Crippen molar-refractivity contribution in [1.29, 1.82) is 0 Å². The van der Waals surface area contributed by atoms with Crippen molar-refractivity contribution in [1.82, 2.24) is 0 Å². The zero-order valence-corrected chi connectivity index (χ0v) is 15.2. The highest BCUT2D eigenvalue weighted by Crippen LogP contribution is 2.38. The Kier molecular flexibility index (Phi) is 8.85. The second-order valence-corrected chi connectivity index (χ2v) is 12.0. The molecule has 0 aliphatic heterocycles. The van der Waals surface area contributed by atoms with Crippen molar-refractivity contribution >= 4 is 69.7 Å². The molecule has 0 amide bonds. The van der Waals surface area contributed by atoms with Crippen LogP contribution >= 0.6 is 63.7 Å². The van der Waals surface area contributed by atoms with Gasteiger partial charge in [0.05, 0.1) is 0 Å². The SMILES string of the molecule is CC(=CC(Br)CCCCC(Br)(Br)Br)C(=O)O. The second-order valence-electron chi connectivity index (χ2n) is 3.53. The predicted octanol–water partition coefficient (Wildman–Crippen LogP) is 5.18. The summed E-state index contributed by atoms with van der Waals surface area (Å²) in [6, 6.07) is 0. The number of carboxylic acids is 1. The minimum atomic E-state index is -0.857. The zero-order valence-electron chi connectivity index (χ0n) is 8.85. The van der Waals surface area contributed by atoms with Crippen LogP contribution in [0.3, 0.4) is 0 Å². The van der Waals surface area contributed by atoms with E-state index in [1.54, 1.807) is 13.0 Å². The molecule has 0 aromatic carbocycles. The van der Waals surface area contributed by atoms with Crippen LogP contribution in [0.15, 0.2) is 11.6 Å². The summed E-state index contributed by atoms with van der Waals surface area (Å²) in [5.74, 6) is -0.857. The first-order chi connectivity index (χ1) is 7.22. The van der Waals surface area contributed by atoms with Gasteiger partial charge in [-0.1, -0.05) is 82.6 Å². The average Bonchev–Trinajstić information content (AvgIpc) is 2.10. The predicted molar refractivity (Wildman–Crippen MR) is 82.1 cm³/mol.